The SMILES string of the molecule is CC(=O)c1cccc(OCCCC(=O)NCc2ccc(C(=O)O)cc2)c1. The Kier molecular flexibility index (Phi) is 6.91. The van der Waals surface area contributed by atoms with E-state index in [9.17, 15) is 14.4 Å². The molecular formula is C20H21NO5. The first-order valence-corrected chi connectivity index (χ1v) is 8.28. The predicted octanol–water partition coefficient (Wildman–Crippen LogP) is 3.06. The van der Waals surface area contributed by atoms with Gasteiger partial charge in [0.2, 0.25) is 5.91 Å². The second-order valence-electron chi connectivity index (χ2n) is 5.81. The van der Waals surface area contributed by atoms with Gasteiger partial charge in [-0.1, -0.05) is 24.3 Å². The molecule has 0 heterocycles. The van der Waals surface area contributed by atoms with Crippen molar-refractivity contribution in [3.63, 3.8) is 0 Å². The van der Waals surface area contributed by atoms with E-state index in [-0.39, 0.29) is 17.3 Å². The fourth-order valence-electron chi connectivity index (χ4n) is 2.28. The third-order valence-electron chi connectivity index (χ3n) is 3.75. The molecule has 6 heteroatoms. The van der Waals surface area contributed by atoms with Crippen molar-refractivity contribution in [3.8, 4) is 5.75 Å². The van der Waals surface area contributed by atoms with Crippen molar-refractivity contribution < 1.29 is 24.2 Å². The van der Waals surface area contributed by atoms with Gasteiger partial charge >= 0.3 is 5.97 Å². The minimum Gasteiger partial charge on any atom is -0.494 e. The minimum absolute atomic E-state index is 0.0220. The third-order valence-corrected chi connectivity index (χ3v) is 3.75. The Morgan fingerprint density at radius 3 is 2.42 bits per heavy atom. The van der Waals surface area contributed by atoms with Crippen LogP contribution >= 0.6 is 0 Å². The third kappa shape index (κ3) is 6.05. The molecule has 2 aromatic carbocycles. The largest absolute Gasteiger partial charge is 0.494 e. The number of carbonyl (C=O) groups excluding carboxylic acids is 2. The standard InChI is InChI=1S/C20H21NO5/c1-14(22)17-4-2-5-18(12-17)26-11-3-6-19(23)21-13-15-7-9-16(10-8-15)20(24)25/h2,4-5,7-10,12H,3,6,11,13H2,1H3,(H,21,23)(H,24,25). The van der Waals surface area contributed by atoms with Gasteiger partial charge in [0.15, 0.2) is 5.78 Å². The number of carboxylic acid groups (broad SMARTS) is 1. The summed E-state index contributed by atoms with van der Waals surface area (Å²) >= 11 is 0. The molecule has 6 nitrogen and oxygen atoms in total. The molecule has 0 aliphatic carbocycles. The molecule has 0 saturated heterocycles. The maximum atomic E-state index is 11.8. The molecule has 2 rings (SSSR count). The van der Waals surface area contributed by atoms with Crippen LogP contribution in [0.4, 0.5) is 0 Å². The molecule has 0 fully saturated rings. The summed E-state index contributed by atoms with van der Waals surface area (Å²) in [6.45, 7) is 2.22. The normalized spacial score (nSPS) is 10.2. The van der Waals surface area contributed by atoms with Crippen molar-refractivity contribution in [2.24, 2.45) is 0 Å². The first-order valence-electron chi connectivity index (χ1n) is 8.28. The summed E-state index contributed by atoms with van der Waals surface area (Å²) in [5, 5.41) is 11.6. The van der Waals surface area contributed by atoms with E-state index in [1.54, 1.807) is 36.4 Å². The number of carboxylic acids is 1. The number of rotatable bonds is 9. The van der Waals surface area contributed by atoms with E-state index in [1.807, 2.05) is 0 Å². The Hall–Kier alpha value is -3.15. The van der Waals surface area contributed by atoms with Crippen molar-refractivity contribution in [1.29, 1.82) is 0 Å². The van der Waals surface area contributed by atoms with Gasteiger partial charge in [-0.25, -0.2) is 4.79 Å². The molecule has 1 amide bonds. The second kappa shape index (κ2) is 9.36. The van der Waals surface area contributed by atoms with E-state index in [0.717, 1.165) is 5.56 Å². The van der Waals surface area contributed by atoms with E-state index in [0.29, 0.717) is 37.3 Å². The summed E-state index contributed by atoms with van der Waals surface area (Å²) in [7, 11) is 0. The zero-order chi connectivity index (χ0) is 18.9. The topological polar surface area (TPSA) is 92.7 Å². The Bertz CT molecular complexity index is 783. The van der Waals surface area contributed by atoms with Crippen LogP contribution in [0, 0.1) is 0 Å². The summed E-state index contributed by atoms with van der Waals surface area (Å²) in [6, 6.07) is 13.3. The summed E-state index contributed by atoms with van der Waals surface area (Å²) in [5.74, 6) is -0.495. The average molecular weight is 355 g/mol. The summed E-state index contributed by atoms with van der Waals surface area (Å²) in [6.07, 6.45) is 0.869. The van der Waals surface area contributed by atoms with Gasteiger partial charge in [-0.15, -0.1) is 0 Å². The fraction of sp³-hybridized carbons (Fsp3) is 0.250. The summed E-state index contributed by atoms with van der Waals surface area (Å²) in [4.78, 5) is 33.9. The Balaban J connectivity index is 1.68. The zero-order valence-electron chi connectivity index (χ0n) is 14.5. The van der Waals surface area contributed by atoms with Crippen LogP contribution in [-0.4, -0.2) is 29.4 Å². The van der Waals surface area contributed by atoms with Crippen LogP contribution in [0.1, 0.15) is 46.0 Å². The van der Waals surface area contributed by atoms with E-state index < -0.39 is 5.97 Å². The number of ketones is 1. The van der Waals surface area contributed by atoms with Gasteiger partial charge in [-0.2, -0.15) is 0 Å². The van der Waals surface area contributed by atoms with Crippen LogP contribution in [-0.2, 0) is 11.3 Å². The molecule has 0 aliphatic rings. The molecule has 0 radical (unpaired) electrons. The first kappa shape index (κ1) is 19.2. The quantitative estimate of drug-likeness (QED) is 0.533. The molecule has 0 aliphatic heterocycles. The number of ether oxygens (including phenoxy) is 1. The molecule has 0 bridgehead atoms. The number of aromatic carboxylic acids is 1. The van der Waals surface area contributed by atoms with Crippen molar-refractivity contribution in [1.82, 2.24) is 5.32 Å². The smallest absolute Gasteiger partial charge is 0.335 e. The summed E-state index contributed by atoms with van der Waals surface area (Å²) in [5.41, 5.74) is 1.64. The van der Waals surface area contributed by atoms with E-state index >= 15 is 0 Å². The molecular weight excluding hydrogens is 334 g/mol. The van der Waals surface area contributed by atoms with Crippen LogP contribution in [0.25, 0.3) is 0 Å². The van der Waals surface area contributed by atoms with Gasteiger partial charge in [0.1, 0.15) is 5.75 Å². The second-order valence-corrected chi connectivity index (χ2v) is 5.81. The Labute approximate surface area is 151 Å². The molecule has 26 heavy (non-hydrogen) atoms. The molecule has 0 saturated carbocycles. The highest BCUT2D eigenvalue weighted by Crippen LogP contribution is 2.14. The van der Waals surface area contributed by atoms with Crippen molar-refractivity contribution in [2.45, 2.75) is 26.3 Å². The van der Waals surface area contributed by atoms with E-state index in [1.165, 1.54) is 19.1 Å². The molecule has 0 aromatic heterocycles. The monoisotopic (exact) mass is 355 g/mol. The van der Waals surface area contributed by atoms with Crippen LogP contribution in [0.2, 0.25) is 0 Å². The van der Waals surface area contributed by atoms with Crippen molar-refractivity contribution in [2.75, 3.05) is 6.61 Å². The number of hydrogen-bond donors (Lipinski definition) is 2. The van der Waals surface area contributed by atoms with Gasteiger partial charge in [-0.05, 0) is 43.2 Å². The number of amides is 1. The molecule has 2 aromatic rings. The van der Waals surface area contributed by atoms with Crippen molar-refractivity contribution >= 4 is 17.7 Å². The van der Waals surface area contributed by atoms with Crippen LogP contribution < -0.4 is 10.1 Å². The van der Waals surface area contributed by atoms with Gasteiger partial charge in [0, 0.05) is 18.5 Å². The first-order chi connectivity index (χ1) is 12.5. The number of Topliss-reactive ketones (excluding diaryl/α,β-unsaturated/α-hetero) is 1. The Morgan fingerprint density at radius 1 is 1.04 bits per heavy atom. The number of carbonyl (C=O) groups is 3. The van der Waals surface area contributed by atoms with Gasteiger partial charge in [-0.3, -0.25) is 9.59 Å². The highest BCUT2D eigenvalue weighted by atomic mass is 16.5. The van der Waals surface area contributed by atoms with Gasteiger partial charge in [0.05, 0.1) is 12.2 Å². The van der Waals surface area contributed by atoms with Gasteiger partial charge in [0.25, 0.3) is 0 Å². The lowest BCUT2D eigenvalue weighted by Crippen LogP contribution is -2.23. The lowest BCUT2D eigenvalue weighted by atomic mass is 10.1. The van der Waals surface area contributed by atoms with Crippen LogP contribution in [0.15, 0.2) is 48.5 Å². The van der Waals surface area contributed by atoms with Crippen LogP contribution in [0.5, 0.6) is 5.75 Å². The van der Waals surface area contributed by atoms with Crippen molar-refractivity contribution in [3.05, 3.63) is 65.2 Å². The molecule has 2 N–H and O–H groups in total. The zero-order valence-corrected chi connectivity index (χ0v) is 14.5. The van der Waals surface area contributed by atoms with Gasteiger partial charge < -0.3 is 15.2 Å². The number of benzene rings is 2. The highest BCUT2D eigenvalue weighted by molar-refractivity contribution is 5.94. The molecule has 0 unspecified atom stereocenters. The average Bonchev–Trinajstić information content (AvgIpc) is 2.64. The van der Waals surface area contributed by atoms with Crippen LogP contribution in [0.3, 0.4) is 0 Å². The number of hydrogen-bond acceptors (Lipinski definition) is 4. The molecule has 0 atom stereocenters. The fourth-order valence-corrected chi connectivity index (χ4v) is 2.28. The minimum atomic E-state index is -0.977. The Morgan fingerprint density at radius 2 is 1.77 bits per heavy atom. The predicted molar refractivity (Wildman–Crippen MR) is 96.4 cm³/mol. The summed E-state index contributed by atoms with van der Waals surface area (Å²) < 4.78 is 5.56. The maximum Gasteiger partial charge on any atom is 0.335 e. The molecule has 0 spiro atoms. The highest BCUT2D eigenvalue weighted by Gasteiger charge is 2.05. The lowest BCUT2D eigenvalue weighted by molar-refractivity contribution is -0.121. The maximum absolute atomic E-state index is 11.8. The molecule has 136 valence electrons. The van der Waals surface area contributed by atoms with E-state index in [2.05, 4.69) is 5.32 Å². The number of nitrogens with one attached hydrogen (secondary N) is 1. The van der Waals surface area contributed by atoms with E-state index in [4.69, 9.17) is 9.84 Å². The lowest BCUT2D eigenvalue weighted by Gasteiger charge is -2.08.